The van der Waals surface area contributed by atoms with Gasteiger partial charge in [0.25, 0.3) is 5.91 Å². The number of carbonyl (C=O) groups is 2. The summed E-state index contributed by atoms with van der Waals surface area (Å²) < 4.78 is 10.5. The Morgan fingerprint density at radius 3 is 2.61 bits per heavy atom. The second-order valence-electron chi connectivity index (χ2n) is 7.16. The monoisotopic (exact) mass is 423 g/mol. The van der Waals surface area contributed by atoms with Gasteiger partial charge in [-0.2, -0.15) is 5.26 Å². The van der Waals surface area contributed by atoms with Gasteiger partial charge >= 0.3 is 6.03 Å². The first kappa shape index (κ1) is 21.8. The number of primary amides is 1. The summed E-state index contributed by atoms with van der Waals surface area (Å²) in [5, 5.41) is 15.4. The maximum absolute atomic E-state index is 12.9. The summed E-state index contributed by atoms with van der Waals surface area (Å²) in [6.07, 6.45) is 0.718. The van der Waals surface area contributed by atoms with Crippen molar-refractivity contribution < 1.29 is 19.1 Å². The number of likely N-dealkylation sites (tertiary alicyclic amines) is 1. The highest BCUT2D eigenvalue weighted by Crippen LogP contribution is 2.27. The molecule has 0 saturated carbocycles. The molecule has 1 unspecified atom stereocenters. The van der Waals surface area contributed by atoms with Crippen molar-refractivity contribution in [3.05, 3.63) is 53.1 Å². The van der Waals surface area contributed by atoms with Crippen molar-refractivity contribution >= 4 is 17.6 Å². The van der Waals surface area contributed by atoms with Gasteiger partial charge in [0, 0.05) is 31.4 Å². The fourth-order valence-corrected chi connectivity index (χ4v) is 3.49. The Morgan fingerprint density at radius 1 is 1.19 bits per heavy atom. The van der Waals surface area contributed by atoms with Gasteiger partial charge in [0.05, 0.1) is 31.4 Å². The first-order valence-corrected chi connectivity index (χ1v) is 9.79. The van der Waals surface area contributed by atoms with Crippen molar-refractivity contribution in [3.8, 4) is 17.6 Å². The van der Waals surface area contributed by atoms with Crippen LogP contribution in [0.5, 0.6) is 11.5 Å². The fourth-order valence-electron chi connectivity index (χ4n) is 3.49. The lowest BCUT2D eigenvalue weighted by molar-refractivity contribution is 0.0951. The third-order valence-electron chi connectivity index (χ3n) is 5.15. The zero-order valence-corrected chi connectivity index (χ0v) is 17.5. The molecule has 31 heavy (non-hydrogen) atoms. The molecule has 1 aliphatic rings. The molecule has 0 spiro atoms. The number of nitriles is 1. The van der Waals surface area contributed by atoms with E-state index in [1.165, 1.54) is 0 Å². The molecule has 0 bridgehead atoms. The van der Waals surface area contributed by atoms with Gasteiger partial charge in [-0.15, -0.1) is 0 Å². The van der Waals surface area contributed by atoms with E-state index in [2.05, 4.69) is 16.7 Å². The van der Waals surface area contributed by atoms with Gasteiger partial charge in [-0.25, -0.2) is 4.79 Å². The largest absolute Gasteiger partial charge is 0.493 e. The van der Waals surface area contributed by atoms with E-state index in [1.807, 2.05) is 6.07 Å². The maximum atomic E-state index is 12.9. The summed E-state index contributed by atoms with van der Waals surface area (Å²) in [5.41, 5.74) is 7.52. The number of nitrogens with two attached hydrogens (primary N) is 1. The van der Waals surface area contributed by atoms with Gasteiger partial charge in [-0.05, 0) is 42.3 Å². The van der Waals surface area contributed by atoms with Gasteiger partial charge in [-0.3, -0.25) is 4.79 Å². The first-order chi connectivity index (χ1) is 14.9. The van der Waals surface area contributed by atoms with Crippen LogP contribution >= 0.6 is 0 Å². The molecule has 3 rings (SSSR count). The average molecular weight is 423 g/mol. The van der Waals surface area contributed by atoms with E-state index in [1.54, 1.807) is 49.5 Å². The molecule has 162 valence electrons. The molecule has 4 N–H and O–H groups in total. The minimum atomic E-state index is -0.461. The van der Waals surface area contributed by atoms with Gasteiger partial charge in [0.1, 0.15) is 0 Å². The molecule has 1 fully saturated rings. The standard InChI is InChI=1S/C22H25N5O4/c1-30-19-6-4-15(10-20(19)31-2)12-25-21(28)17-9-14(11-23)3-5-18(17)26-16-7-8-27(13-16)22(24)29/h3-6,9-10,16,26H,7-8,12-13H2,1-2H3,(H2,24,29)(H,25,28). The number of hydrogen-bond donors (Lipinski definition) is 3. The van der Waals surface area contributed by atoms with Crippen LogP contribution in [0.4, 0.5) is 10.5 Å². The third kappa shape index (κ3) is 5.17. The van der Waals surface area contributed by atoms with Crippen molar-refractivity contribution in [3.63, 3.8) is 0 Å². The Bertz CT molecular complexity index is 1020. The van der Waals surface area contributed by atoms with Crippen molar-refractivity contribution in [2.45, 2.75) is 19.0 Å². The molecular formula is C22H25N5O4. The highest BCUT2D eigenvalue weighted by molar-refractivity contribution is 6.00. The second-order valence-corrected chi connectivity index (χ2v) is 7.16. The molecule has 0 aromatic heterocycles. The number of amides is 3. The van der Waals surface area contributed by atoms with Crippen LogP contribution in [0.2, 0.25) is 0 Å². The van der Waals surface area contributed by atoms with Crippen molar-refractivity contribution in [2.24, 2.45) is 5.73 Å². The van der Waals surface area contributed by atoms with E-state index >= 15 is 0 Å². The number of nitrogens with one attached hydrogen (secondary N) is 2. The number of nitrogens with zero attached hydrogens (tertiary/aromatic N) is 2. The summed E-state index contributed by atoms with van der Waals surface area (Å²) in [6.45, 7) is 1.29. The normalized spacial score (nSPS) is 15.1. The first-order valence-electron chi connectivity index (χ1n) is 9.79. The van der Waals surface area contributed by atoms with E-state index in [9.17, 15) is 14.9 Å². The highest BCUT2D eigenvalue weighted by atomic mass is 16.5. The van der Waals surface area contributed by atoms with E-state index in [4.69, 9.17) is 15.2 Å². The highest BCUT2D eigenvalue weighted by Gasteiger charge is 2.26. The molecule has 1 heterocycles. The van der Waals surface area contributed by atoms with E-state index in [-0.39, 0.29) is 18.5 Å². The van der Waals surface area contributed by atoms with Gasteiger partial charge in [0.15, 0.2) is 11.5 Å². The van der Waals surface area contributed by atoms with Crippen LogP contribution in [-0.4, -0.2) is 50.2 Å². The van der Waals surface area contributed by atoms with E-state index in [0.29, 0.717) is 41.4 Å². The summed E-state index contributed by atoms with van der Waals surface area (Å²) in [6, 6.07) is 11.9. The van der Waals surface area contributed by atoms with Crippen LogP contribution in [0.25, 0.3) is 0 Å². The molecule has 1 saturated heterocycles. The fraction of sp³-hybridized carbons (Fsp3) is 0.318. The number of benzene rings is 2. The Hall–Kier alpha value is -3.93. The van der Waals surface area contributed by atoms with Crippen molar-refractivity contribution in [1.82, 2.24) is 10.2 Å². The molecule has 1 aliphatic heterocycles. The third-order valence-corrected chi connectivity index (χ3v) is 5.15. The molecule has 1 atom stereocenters. The molecule has 9 heteroatoms. The molecule has 0 radical (unpaired) electrons. The molecular weight excluding hydrogens is 398 g/mol. The van der Waals surface area contributed by atoms with Crippen molar-refractivity contribution in [1.29, 1.82) is 5.26 Å². The van der Waals surface area contributed by atoms with Crippen LogP contribution in [-0.2, 0) is 6.54 Å². The second kappa shape index (κ2) is 9.71. The SMILES string of the molecule is COc1ccc(CNC(=O)c2cc(C#N)ccc2NC2CCN(C(N)=O)C2)cc1OC. The quantitative estimate of drug-likeness (QED) is 0.625. The summed E-state index contributed by atoms with van der Waals surface area (Å²) in [5.74, 6) is 0.856. The Kier molecular flexibility index (Phi) is 6.82. The van der Waals surface area contributed by atoms with Crippen molar-refractivity contribution in [2.75, 3.05) is 32.6 Å². The Balaban J connectivity index is 1.74. The van der Waals surface area contributed by atoms with Gasteiger partial charge in [-0.1, -0.05) is 6.07 Å². The van der Waals surface area contributed by atoms with E-state index in [0.717, 1.165) is 12.0 Å². The summed E-state index contributed by atoms with van der Waals surface area (Å²) in [7, 11) is 3.11. The molecule has 0 aliphatic carbocycles. The maximum Gasteiger partial charge on any atom is 0.314 e. The average Bonchev–Trinajstić information content (AvgIpc) is 3.26. The lowest BCUT2D eigenvalue weighted by Crippen LogP contribution is -2.35. The van der Waals surface area contributed by atoms with Crippen LogP contribution in [0, 0.1) is 11.3 Å². The topological polar surface area (TPSA) is 130 Å². The summed E-state index contributed by atoms with van der Waals surface area (Å²) >= 11 is 0. The molecule has 2 aromatic rings. The van der Waals surface area contributed by atoms with Crippen LogP contribution in [0.1, 0.15) is 27.9 Å². The van der Waals surface area contributed by atoms with Crippen LogP contribution < -0.4 is 25.8 Å². The number of hydrogen-bond acceptors (Lipinski definition) is 6. The smallest absolute Gasteiger partial charge is 0.314 e. The zero-order valence-electron chi connectivity index (χ0n) is 17.5. The Morgan fingerprint density at radius 2 is 1.97 bits per heavy atom. The van der Waals surface area contributed by atoms with Crippen LogP contribution in [0.3, 0.4) is 0 Å². The van der Waals surface area contributed by atoms with Gasteiger partial charge in [0.2, 0.25) is 0 Å². The number of rotatable bonds is 7. The number of methoxy groups -OCH3 is 2. The predicted molar refractivity (Wildman–Crippen MR) is 115 cm³/mol. The number of anilines is 1. The van der Waals surface area contributed by atoms with E-state index < -0.39 is 6.03 Å². The predicted octanol–water partition coefficient (Wildman–Crippen LogP) is 2.07. The number of urea groups is 1. The minimum Gasteiger partial charge on any atom is -0.493 e. The molecule has 9 nitrogen and oxygen atoms in total. The number of ether oxygens (including phenoxy) is 2. The summed E-state index contributed by atoms with van der Waals surface area (Å²) in [4.78, 5) is 25.9. The Labute approximate surface area is 180 Å². The molecule has 3 amide bonds. The molecule has 2 aromatic carbocycles. The lowest BCUT2D eigenvalue weighted by atomic mass is 10.1. The number of carbonyl (C=O) groups excluding carboxylic acids is 2. The lowest BCUT2D eigenvalue weighted by Gasteiger charge is -2.18. The minimum absolute atomic E-state index is 0.0298. The van der Waals surface area contributed by atoms with Gasteiger partial charge < -0.3 is 30.7 Å². The zero-order chi connectivity index (χ0) is 22.4. The van der Waals surface area contributed by atoms with Crippen LogP contribution in [0.15, 0.2) is 36.4 Å².